The van der Waals surface area contributed by atoms with Crippen LogP contribution in [-0.4, -0.2) is 9.79 Å². The Bertz CT molecular complexity index is 1360. The molecule has 0 fully saturated rings. The molecule has 0 amide bonds. The Balaban J connectivity index is 1.96. The number of rotatable bonds is 3. The molecule has 0 bridgehead atoms. The summed E-state index contributed by atoms with van der Waals surface area (Å²) < 4.78 is 19.4. The molecule has 5 rings (SSSR count). The van der Waals surface area contributed by atoms with Crippen LogP contribution >= 0.6 is 7.60 Å². The van der Waals surface area contributed by atoms with E-state index < -0.39 is 13.0 Å². The monoisotopic (exact) mass is 442 g/mol. The number of benzene rings is 4. The second-order valence-electron chi connectivity index (χ2n) is 8.52. The quantitative estimate of drug-likeness (QED) is 0.368. The van der Waals surface area contributed by atoms with E-state index in [0.29, 0.717) is 22.6 Å². The molecule has 1 heterocycles. The van der Waals surface area contributed by atoms with E-state index in [2.05, 4.69) is 0 Å². The molecule has 0 saturated carbocycles. The maximum Gasteiger partial charge on any atom is 0.357 e. The van der Waals surface area contributed by atoms with Crippen LogP contribution in [-0.2, 0) is 9.98 Å². The second kappa shape index (κ2) is 7.46. The number of hydrogen-bond donors (Lipinski definition) is 2. The lowest BCUT2D eigenvalue weighted by Crippen LogP contribution is -2.32. The Hall–Kier alpha value is -3.17. The normalized spacial score (nSPS) is 14.2. The summed E-state index contributed by atoms with van der Waals surface area (Å²) in [5.74, 6) is 1.18. The van der Waals surface area contributed by atoms with Gasteiger partial charge in [0.15, 0.2) is 0 Å². The largest absolute Gasteiger partial charge is 0.457 e. The van der Waals surface area contributed by atoms with Crippen molar-refractivity contribution in [3.63, 3.8) is 0 Å². The summed E-state index contributed by atoms with van der Waals surface area (Å²) in [5.41, 5.74) is 3.64. The molecule has 1 aliphatic heterocycles. The Labute approximate surface area is 187 Å². The smallest absolute Gasteiger partial charge is 0.357 e. The zero-order valence-electron chi connectivity index (χ0n) is 17.8. The highest BCUT2D eigenvalue weighted by atomic mass is 31.2. The zero-order chi connectivity index (χ0) is 22.5. The first kappa shape index (κ1) is 20.7. The topological polar surface area (TPSA) is 66.8 Å². The standard InChI is InChI=1S/C27H23O4P/c1-27(2)21-15-9-10-16-22(21)31-23-17-20(18-11-5-3-6-12-18)24(19-13-7-4-8-14-19)26(25(23)27)32(28,29)30/h3-17H,1-2H3,(H2,28,29,30). The van der Waals surface area contributed by atoms with Gasteiger partial charge in [0, 0.05) is 22.1 Å². The lowest BCUT2D eigenvalue weighted by molar-refractivity contribution is 0.383. The van der Waals surface area contributed by atoms with Gasteiger partial charge in [-0.3, -0.25) is 4.57 Å². The van der Waals surface area contributed by atoms with Gasteiger partial charge in [-0.15, -0.1) is 0 Å². The van der Waals surface area contributed by atoms with E-state index >= 15 is 0 Å². The van der Waals surface area contributed by atoms with Crippen LogP contribution in [0.3, 0.4) is 0 Å². The molecule has 32 heavy (non-hydrogen) atoms. The summed E-state index contributed by atoms with van der Waals surface area (Å²) in [5, 5.41) is 0.0274. The van der Waals surface area contributed by atoms with Crippen molar-refractivity contribution in [2.75, 3.05) is 0 Å². The average Bonchev–Trinajstić information content (AvgIpc) is 2.78. The predicted molar refractivity (Wildman–Crippen MR) is 128 cm³/mol. The second-order valence-corrected chi connectivity index (χ2v) is 10.1. The SMILES string of the molecule is CC1(C)c2ccccc2Oc2cc(-c3ccccc3)c(-c3ccccc3)c(P(=O)(O)O)c21. The summed E-state index contributed by atoms with van der Waals surface area (Å²) in [7, 11) is -4.70. The Morgan fingerprint density at radius 3 is 1.94 bits per heavy atom. The number of hydrogen-bond acceptors (Lipinski definition) is 2. The lowest BCUT2D eigenvalue weighted by Gasteiger charge is -2.37. The van der Waals surface area contributed by atoms with Crippen LogP contribution in [0.1, 0.15) is 25.0 Å². The minimum Gasteiger partial charge on any atom is -0.457 e. The van der Waals surface area contributed by atoms with Crippen molar-refractivity contribution >= 4 is 12.9 Å². The van der Waals surface area contributed by atoms with Crippen LogP contribution in [0.2, 0.25) is 0 Å². The van der Waals surface area contributed by atoms with E-state index in [0.717, 1.165) is 22.3 Å². The fraction of sp³-hybridized carbons (Fsp3) is 0.111. The van der Waals surface area contributed by atoms with Crippen LogP contribution in [0, 0.1) is 0 Å². The molecule has 0 spiro atoms. The molecule has 0 aromatic heterocycles. The van der Waals surface area contributed by atoms with E-state index in [1.54, 1.807) is 0 Å². The average molecular weight is 442 g/mol. The number of fused-ring (bicyclic) bond motifs is 2. The van der Waals surface area contributed by atoms with Crippen LogP contribution in [0.25, 0.3) is 22.3 Å². The van der Waals surface area contributed by atoms with Crippen LogP contribution in [0.15, 0.2) is 91.0 Å². The van der Waals surface area contributed by atoms with E-state index in [-0.39, 0.29) is 5.30 Å². The summed E-state index contributed by atoms with van der Waals surface area (Å²) in [6.07, 6.45) is 0. The highest BCUT2D eigenvalue weighted by molar-refractivity contribution is 7.60. The van der Waals surface area contributed by atoms with Crippen molar-refractivity contribution in [3.05, 3.63) is 102 Å². The molecule has 2 N–H and O–H groups in total. The molecule has 5 heteroatoms. The van der Waals surface area contributed by atoms with E-state index in [1.807, 2.05) is 105 Å². The molecule has 160 valence electrons. The molecule has 0 atom stereocenters. The molecule has 4 nitrogen and oxygen atoms in total. The van der Waals surface area contributed by atoms with Crippen molar-refractivity contribution in [1.29, 1.82) is 0 Å². The third-order valence-electron chi connectivity index (χ3n) is 6.11. The predicted octanol–water partition coefficient (Wildman–Crippen LogP) is 6.26. The van der Waals surface area contributed by atoms with Gasteiger partial charge < -0.3 is 14.5 Å². The lowest BCUT2D eigenvalue weighted by atomic mass is 9.74. The molecule has 0 saturated heterocycles. The van der Waals surface area contributed by atoms with Crippen LogP contribution < -0.4 is 10.0 Å². The first-order valence-electron chi connectivity index (χ1n) is 10.4. The van der Waals surface area contributed by atoms with E-state index in [9.17, 15) is 14.4 Å². The molecule has 0 radical (unpaired) electrons. The van der Waals surface area contributed by atoms with E-state index in [4.69, 9.17) is 4.74 Å². The third kappa shape index (κ3) is 3.28. The van der Waals surface area contributed by atoms with Gasteiger partial charge in [0.25, 0.3) is 0 Å². The van der Waals surface area contributed by atoms with Gasteiger partial charge >= 0.3 is 7.60 Å². The fourth-order valence-electron chi connectivity index (χ4n) is 4.69. The van der Waals surface area contributed by atoms with Crippen molar-refractivity contribution in [2.45, 2.75) is 19.3 Å². The Morgan fingerprint density at radius 1 is 0.750 bits per heavy atom. The number of para-hydroxylation sites is 1. The maximum atomic E-state index is 13.1. The van der Waals surface area contributed by atoms with Gasteiger partial charge in [-0.2, -0.15) is 0 Å². The minimum atomic E-state index is -4.70. The summed E-state index contributed by atoms with van der Waals surface area (Å²) >= 11 is 0. The summed E-state index contributed by atoms with van der Waals surface area (Å²) in [6.45, 7) is 3.98. The third-order valence-corrected chi connectivity index (χ3v) is 7.14. The highest BCUT2D eigenvalue weighted by Crippen LogP contribution is 2.54. The van der Waals surface area contributed by atoms with Gasteiger partial charge in [0.1, 0.15) is 11.5 Å². The first-order chi connectivity index (χ1) is 15.3. The van der Waals surface area contributed by atoms with Gasteiger partial charge in [-0.1, -0.05) is 92.7 Å². The minimum absolute atomic E-state index is 0.0274. The highest BCUT2D eigenvalue weighted by Gasteiger charge is 2.42. The molecule has 1 aliphatic rings. The first-order valence-corrected chi connectivity index (χ1v) is 12.1. The van der Waals surface area contributed by atoms with Crippen molar-refractivity contribution in [3.8, 4) is 33.8 Å². The Morgan fingerprint density at radius 2 is 1.31 bits per heavy atom. The summed E-state index contributed by atoms with van der Waals surface area (Å²) in [4.78, 5) is 21.4. The molecule has 4 aromatic carbocycles. The maximum absolute atomic E-state index is 13.1. The van der Waals surface area contributed by atoms with Crippen molar-refractivity contribution in [2.24, 2.45) is 0 Å². The zero-order valence-corrected chi connectivity index (χ0v) is 18.7. The molecule has 4 aromatic rings. The number of ether oxygens (including phenoxy) is 1. The van der Waals surface area contributed by atoms with Gasteiger partial charge in [-0.25, -0.2) is 0 Å². The molecule has 0 aliphatic carbocycles. The van der Waals surface area contributed by atoms with Crippen molar-refractivity contribution < 1.29 is 19.1 Å². The molecular weight excluding hydrogens is 419 g/mol. The van der Waals surface area contributed by atoms with Gasteiger partial charge in [-0.05, 0) is 28.8 Å². The van der Waals surface area contributed by atoms with Gasteiger partial charge in [0.2, 0.25) is 0 Å². The molecule has 0 unspecified atom stereocenters. The Kier molecular flexibility index (Phi) is 4.83. The summed E-state index contributed by atoms with van der Waals surface area (Å²) in [6, 6.07) is 28.7. The van der Waals surface area contributed by atoms with Crippen LogP contribution in [0.5, 0.6) is 11.5 Å². The fourth-order valence-corrected chi connectivity index (χ4v) is 5.91. The van der Waals surface area contributed by atoms with E-state index in [1.165, 1.54) is 0 Å². The van der Waals surface area contributed by atoms with Crippen molar-refractivity contribution in [1.82, 2.24) is 0 Å². The van der Waals surface area contributed by atoms with Gasteiger partial charge in [0.05, 0.1) is 5.30 Å². The molecular formula is C27H23O4P. The van der Waals surface area contributed by atoms with Crippen LogP contribution in [0.4, 0.5) is 0 Å².